The van der Waals surface area contributed by atoms with Gasteiger partial charge < -0.3 is 14.9 Å². The molecule has 0 radical (unpaired) electrons. The maximum Gasteiger partial charge on any atom is 0.407 e. The number of amides is 2. The Hall–Kier alpha value is -2.05. The van der Waals surface area contributed by atoms with Crippen molar-refractivity contribution in [3.05, 3.63) is 11.8 Å². The number of piperidine rings is 1. The molecule has 2 amide bonds. The monoisotopic (exact) mass is 295 g/mol. The Morgan fingerprint density at radius 2 is 2.14 bits per heavy atom. The molecule has 1 aliphatic heterocycles. The van der Waals surface area contributed by atoms with E-state index in [1.807, 2.05) is 20.8 Å². The highest BCUT2D eigenvalue weighted by Crippen LogP contribution is 2.25. The number of hydrogen-bond donors (Lipinski definition) is 2. The predicted octanol–water partition coefficient (Wildman–Crippen LogP) is 2.44. The van der Waals surface area contributed by atoms with Crippen LogP contribution in [0.25, 0.3) is 0 Å². The number of likely N-dealkylation sites (tertiary alicyclic amines) is 1. The smallest absolute Gasteiger partial charge is 0.407 e. The highest BCUT2D eigenvalue weighted by atomic mass is 16.5. The van der Waals surface area contributed by atoms with E-state index in [0.717, 1.165) is 12.8 Å². The minimum Gasteiger partial charge on any atom is -0.465 e. The summed E-state index contributed by atoms with van der Waals surface area (Å²) < 4.78 is 5.20. The Balaban J connectivity index is 2.06. The van der Waals surface area contributed by atoms with Crippen molar-refractivity contribution >= 4 is 17.8 Å². The van der Waals surface area contributed by atoms with Crippen LogP contribution in [-0.2, 0) is 10.2 Å². The Kier molecular flexibility index (Phi) is 4.20. The number of nitrogens with one attached hydrogen (secondary N) is 1. The summed E-state index contributed by atoms with van der Waals surface area (Å²) in [7, 11) is 0. The molecule has 0 aliphatic carbocycles. The fourth-order valence-electron chi connectivity index (χ4n) is 2.33. The van der Waals surface area contributed by atoms with E-state index in [2.05, 4.69) is 10.5 Å². The van der Waals surface area contributed by atoms with Gasteiger partial charge in [-0.05, 0) is 19.3 Å². The predicted molar refractivity (Wildman–Crippen MR) is 76.2 cm³/mol. The number of rotatable bonds is 2. The largest absolute Gasteiger partial charge is 0.465 e. The van der Waals surface area contributed by atoms with E-state index >= 15 is 0 Å². The van der Waals surface area contributed by atoms with Gasteiger partial charge in [0, 0.05) is 18.0 Å². The number of carbonyl (C=O) groups excluding carboxylic acids is 1. The maximum absolute atomic E-state index is 12.2. The summed E-state index contributed by atoms with van der Waals surface area (Å²) in [5.41, 5.74) is -0.200. The van der Waals surface area contributed by atoms with Crippen LogP contribution in [0.4, 0.5) is 10.6 Å². The van der Waals surface area contributed by atoms with E-state index in [1.165, 1.54) is 4.90 Å². The molecule has 7 heteroatoms. The van der Waals surface area contributed by atoms with Gasteiger partial charge in [0.2, 0.25) is 5.91 Å². The molecule has 1 atom stereocenters. The molecule has 0 unspecified atom stereocenters. The van der Waals surface area contributed by atoms with Crippen LogP contribution in [0, 0.1) is 0 Å². The number of nitrogens with zero attached hydrogens (tertiary/aromatic N) is 2. The molecule has 1 aromatic rings. The lowest BCUT2D eigenvalue weighted by Gasteiger charge is -2.32. The summed E-state index contributed by atoms with van der Waals surface area (Å²) in [6.45, 7) is 6.32. The summed E-state index contributed by atoms with van der Waals surface area (Å²) in [4.78, 5) is 24.6. The third kappa shape index (κ3) is 3.53. The number of hydrogen-bond acceptors (Lipinski definition) is 4. The van der Waals surface area contributed by atoms with Crippen LogP contribution in [0.15, 0.2) is 10.6 Å². The van der Waals surface area contributed by atoms with Gasteiger partial charge in [-0.25, -0.2) is 4.79 Å². The summed E-state index contributed by atoms with van der Waals surface area (Å²) in [6.07, 6.45) is 1.09. The van der Waals surface area contributed by atoms with Crippen molar-refractivity contribution in [2.45, 2.75) is 51.5 Å². The summed E-state index contributed by atoms with van der Waals surface area (Å²) in [5, 5.41) is 15.6. The number of carboxylic acid groups (broad SMARTS) is 1. The summed E-state index contributed by atoms with van der Waals surface area (Å²) in [6, 6.07) is 1.01. The van der Waals surface area contributed by atoms with Crippen LogP contribution in [-0.4, -0.2) is 39.8 Å². The van der Waals surface area contributed by atoms with E-state index in [0.29, 0.717) is 24.5 Å². The molecule has 1 fully saturated rings. The van der Waals surface area contributed by atoms with Crippen LogP contribution in [0.3, 0.4) is 0 Å². The first-order valence-corrected chi connectivity index (χ1v) is 7.06. The second-order valence-electron chi connectivity index (χ2n) is 6.30. The molecule has 0 spiro atoms. The third-order valence-corrected chi connectivity index (χ3v) is 3.55. The van der Waals surface area contributed by atoms with Gasteiger partial charge in [-0.1, -0.05) is 25.9 Å². The first-order chi connectivity index (χ1) is 9.79. The molecule has 0 saturated carbocycles. The third-order valence-electron chi connectivity index (χ3n) is 3.55. The van der Waals surface area contributed by atoms with Crippen molar-refractivity contribution in [2.24, 2.45) is 0 Å². The molecule has 21 heavy (non-hydrogen) atoms. The van der Waals surface area contributed by atoms with E-state index in [9.17, 15) is 9.59 Å². The van der Waals surface area contributed by atoms with Crippen molar-refractivity contribution in [2.75, 3.05) is 11.9 Å². The fourth-order valence-corrected chi connectivity index (χ4v) is 2.33. The van der Waals surface area contributed by atoms with E-state index in [4.69, 9.17) is 9.63 Å². The summed E-state index contributed by atoms with van der Waals surface area (Å²) in [5.74, 6) is 0.628. The second-order valence-corrected chi connectivity index (χ2v) is 6.30. The van der Waals surface area contributed by atoms with Gasteiger partial charge in [-0.2, -0.15) is 0 Å². The van der Waals surface area contributed by atoms with Crippen molar-refractivity contribution in [3.63, 3.8) is 0 Å². The summed E-state index contributed by atoms with van der Waals surface area (Å²) >= 11 is 0. The molecule has 0 aromatic carbocycles. The van der Waals surface area contributed by atoms with Crippen molar-refractivity contribution in [1.29, 1.82) is 0 Å². The Morgan fingerprint density at radius 3 is 2.71 bits per heavy atom. The number of anilines is 1. The lowest BCUT2D eigenvalue weighted by atomic mass is 9.93. The van der Waals surface area contributed by atoms with Crippen LogP contribution in [0.2, 0.25) is 0 Å². The van der Waals surface area contributed by atoms with E-state index in [-0.39, 0.29) is 11.3 Å². The minimum absolute atomic E-state index is 0.200. The molecular formula is C14H21N3O4. The highest BCUT2D eigenvalue weighted by Gasteiger charge is 2.32. The fraction of sp³-hybridized carbons (Fsp3) is 0.643. The highest BCUT2D eigenvalue weighted by molar-refractivity contribution is 5.95. The van der Waals surface area contributed by atoms with Gasteiger partial charge in [0.25, 0.3) is 0 Å². The van der Waals surface area contributed by atoms with Gasteiger partial charge in [-0.3, -0.25) is 9.69 Å². The van der Waals surface area contributed by atoms with E-state index < -0.39 is 12.1 Å². The zero-order valence-electron chi connectivity index (χ0n) is 12.5. The zero-order chi connectivity index (χ0) is 15.6. The average Bonchev–Trinajstić information content (AvgIpc) is 2.87. The van der Waals surface area contributed by atoms with Gasteiger partial charge in [-0.15, -0.1) is 0 Å². The van der Waals surface area contributed by atoms with Gasteiger partial charge in [0.05, 0.1) is 0 Å². The van der Waals surface area contributed by atoms with Crippen molar-refractivity contribution in [1.82, 2.24) is 10.1 Å². The Labute approximate surface area is 123 Å². The molecule has 0 bridgehead atoms. The zero-order valence-corrected chi connectivity index (χ0v) is 12.5. The topological polar surface area (TPSA) is 95.7 Å². The quantitative estimate of drug-likeness (QED) is 0.873. The normalized spacial score (nSPS) is 19.4. The number of aromatic nitrogens is 1. The van der Waals surface area contributed by atoms with Gasteiger partial charge in [0.1, 0.15) is 11.8 Å². The Bertz CT molecular complexity index is 533. The Morgan fingerprint density at radius 1 is 1.43 bits per heavy atom. The van der Waals surface area contributed by atoms with Crippen molar-refractivity contribution in [3.8, 4) is 0 Å². The second kappa shape index (κ2) is 5.75. The molecular weight excluding hydrogens is 274 g/mol. The molecule has 2 rings (SSSR count). The lowest BCUT2D eigenvalue weighted by molar-refractivity contribution is -0.121. The first kappa shape index (κ1) is 15.3. The van der Waals surface area contributed by atoms with Crippen molar-refractivity contribution < 1.29 is 19.2 Å². The van der Waals surface area contributed by atoms with Gasteiger partial charge in [0.15, 0.2) is 5.82 Å². The molecule has 1 saturated heterocycles. The molecule has 2 heterocycles. The molecule has 1 aliphatic rings. The standard InChI is InChI=1S/C14H21N3O4/c1-14(2,3)10-8-11(16-21-10)15-12(18)9-6-4-5-7-17(9)13(19)20/h8-9H,4-7H2,1-3H3,(H,19,20)(H,15,16,18)/t9-/m0/s1. The molecule has 1 aromatic heterocycles. The number of carbonyl (C=O) groups is 2. The van der Waals surface area contributed by atoms with Gasteiger partial charge >= 0.3 is 6.09 Å². The van der Waals surface area contributed by atoms with Crippen LogP contribution >= 0.6 is 0 Å². The molecule has 7 nitrogen and oxygen atoms in total. The van der Waals surface area contributed by atoms with Crippen LogP contribution in [0.1, 0.15) is 45.8 Å². The van der Waals surface area contributed by atoms with Crippen LogP contribution in [0.5, 0.6) is 0 Å². The minimum atomic E-state index is -1.06. The molecule has 116 valence electrons. The van der Waals surface area contributed by atoms with Crippen LogP contribution < -0.4 is 5.32 Å². The maximum atomic E-state index is 12.2. The van der Waals surface area contributed by atoms with E-state index in [1.54, 1.807) is 6.07 Å². The average molecular weight is 295 g/mol. The SMILES string of the molecule is CC(C)(C)c1cc(NC(=O)[C@@H]2CCCCN2C(=O)O)no1. The first-order valence-electron chi connectivity index (χ1n) is 7.06. The molecule has 2 N–H and O–H groups in total. The lowest BCUT2D eigenvalue weighted by Crippen LogP contribution is -2.49.